The zero-order chi connectivity index (χ0) is 25.8. The molecular formula is C26H26ClN5O4P+. The normalized spacial score (nSPS) is 14.1. The second-order valence-electron chi connectivity index (χ2n) is 8.81. The summed E-state index contributed by atoms with van der Waals surface area (Å²) < 4.78 is 21.8. The number of nitrogens with one attached hydrogen (secondary N) is 1. The minimum Gasteiger partial charge on any atom is -0.492 e. The van der Waals surface area contributed by atoms with Crippen LogP contribution in [0.15, 0.2) is 54.6 Å². The van der Waals surface area contributed by atoms with Crippen LogP contribution in [0.1, 0.15) is 18.4 Å². The van der Waals surface area contributed by atoms with Crippen LogP contribution in [0.5, 0.6) is 11.5 Å². The van der Waals surface area contributed by atoms with Crippen molar-refractivity contribution in [1.82, 2.24) is 20.1 Å². The first-order valence-corrected chi connectivity index (χ1v) is 13.5. The van der Waals surface area contributed by atoms with Crippen molar-refractivity contribution in [2.75, 3.05) is 31.6 Å². The van der Waals surface area contributed by atoms with Gasteiger partial charge in [-0.05, 0) is 98.6 Å². The average molecular weight is 539 g/mol. The Labute approximate surface area is 220 Å². The lowest BCUT2D eigenvalue weighted by molar-refractivity contribution is 0.238. The number of aromatic nitrogens is 3. The first-order valence-electron chi connectivity index (χ1n) is 12.0. The molecule has 1 atom stereocenters. The van der Waals surface area contributed by atoms with Gasteiger partial charge >= 0.3 is 8.25 Å². The van der Waals surface area contributed by atoms with Crippen LogP contribution in [0.3, 0.4) is 0 Å². The molecule has 5 rings (SSSR count). The highest BCUT2D eigenvalue weighted by molar-refractivity contribution is 7.32. The van der Waals surface area contributed by atoms with Crippen molar-refractivity contribution in [3.63, 3.8) is 0 Å². The predicted molar refractivity (Wildman–Crippen MR) is 144 cm³/mol. The van der Waals surface area contributed by atoms with E-state index >= 15 is 0 Å². The molecular weight excluding hydrogens is 513 g/mol. The smallest absolute Gasteiger partial charge is 0.492 e. The van der Waals surface area contributed by atoms with Crippen molar-refractivity contribution < 1.29 is 18.7 Å². The van der Waals surface area contributed by atoms with Gasteiger partial charge in [-0.3, -0.25) is 4.90 Å². The van der Waals surface area contributed by atoms with E-state index in [1.165, 1.54) is 18.9 Å². The maximum atomic E-state index is 11.0. The zero-order valence-electron chi connectivity index (χ0n) is 20.2. The van der Waals surface area contributed by atoms with E-state index < -0.39 is 8.25 Å². The maximum Gasteiger partial charge on any atom is 0.747 e. The number of aryl methyl sites for hydroxylation is 1. The molecule has 1 aliphatic rings. The first kappa shape index (κ1) is 25.3. The Bertz CT molecular complexity index is 1430. The Morgan fingerprint density at radius 2 is 1.81 bits per heavy atom. The summed E-state index contributed by atoms with van der Waals surface area (Å²) in [6.45, 7) is 5.88. The summed E-state index contributed by atoms with van der Waals surface area (Å²) in [5.41, 5.74) is 4.41. The third-order valence-corrected chi connectivity index (χ3v) is 6.86. The number of benzene rings is 3. The predicted octanol–water partition coefficient (Wildman–Crippen LogP) is 5.90. The van der Waals surface area contributed by atoms with E-state index in [0.717, 1.165) is 42.2 Å². The first-order chi connectivity index (χ1) is 17.9. The minimum atomic E-state index is -2.78. The molecule has 0 aliphatic carbocycles. The molecule has 9 nitrogen and oxygen atoms in total. The Morgan fingerprint density at radius 3 is 2.57 bits per heavy atom. The lowest BCUT2D eigenvalue weighted by atomic mass is 10.0. The number of hydrogen-bond donors (Lipinski definition) is 2. The minimum absolute atomic E-state index is 0.243. The molecule has 1 saturated heterocycles. The average Bonchev–Trinajstić information content (AvgIpc) is 3.40. The van der Waals surface area contributed by atoms with E-state index in [9.17, 15) is 4.57 Å². The number of nitrogens with zero attached hydrogens (tertiary/aromatic N) is 4. The number of rotatable bonds is 9. The fourth-order valence-electron chi connectivity index (χ4n) is 4.36. The van der Waals surface area contributed by atoms with Crippen LogP contribution in [-0.2, 0) is 4.57 Å². The van der Waals surface area contributed by atoms with E-state index in [2.05, 4.69) is 25.4 Å². The summed E-state index contributed by atoms with van der Waals surface area (Å²) in [6, 6.07) is 16.2. The van der Waals surface area contributed by atoms with Crippen molar-refractivity contribution in [3.05, 3.63) is 65.2 Å². The number of hydrogen-bond acceptors (Lipinski definition) is 8. The number of ether oxygens (including phenoxy) is 1. The summed E-state index contributed by atoms with van der Waals surface area (Å²) in [4.78, 5) is 16.1. The van der Waals surface area contributed by atoms with Crippen LogP contribution in [0.2, 0.25) is 5.02 Å². The quantitative estimate of drug-likeness (QED) is 0.252. The number of halogens is 1. The van der Waals surface area contributed by atoms with E-state index in [0.29, 0.717) is 34.2 Å². The lowest BCUT2D eigenvalue weighted by Gasteiger charge is -2.15. The van der Waals surface area contributed by atoms with Gasteiger partial charge in [-0.25, -0.2) is 9.51 Å². The molecule has 1 aliphatic heterocycles. The highest BCUT2D eigenvalue weighted by Crippen LogP contribution is 2.35. The van der Waals surface area contributed by atoms with Crippen molar-refractivity contribution >= 4 is 42.5 Å². The van der Waals surface area contributed by atoms with Gasteiger partial charge in [0, 0.05) is 27.4 Å². The zero-order valence-corrected chi connectivity index (χ0v) is 21.9. The van der Waals surface area contributed by atoms with Gasteiger partial charge in [-0.2, -0.15) is 0 Å². The van der Waals surface area contributed by atoms with Crippen molar-refractivity contribution in [3.8, 4) is 22.6 Å². The van der Waals surface area contributed by atoms with Gasteiger partial charge in [0.2, 0.25) is 5.95 Å². The van der Waals surface area contributed by atoms with Crippen molar-refractivity contribution in [2.45, 2.75) is 19.8 Å². The van der Waals surface area contributed by atoms with Crippen LogP contribution in [-0.4, -0.2) is 51.2 Å². The summed E-state index contributed by atoms with van der Waals surface area (Å²) in [5.74, 6) is 1.45. The highest BCUT2D eigenvalue weighted by atomic mass is 35.5. The third-order valence-electron chi connectivity index (χ3n) is 6.17. The van der Waals surface area contributed by atoms with Gasteiger partial charge in [0.15, 0.2) is 5.75 Å². The van der Waals surface area contributed by atoms with E-state index in [1.807, 2.05) is 43.3 Å². The number of anilines is 2. The Morgan fingerprint density at radius 1 is 1.05 bits per heavy atom. The van der Waals surface area contributed by atoms with Crippen molar-refractivity contribution in [2.24, 2.45) is 0 Å². The second kappa shape index (κ2) is 11.4. The summed E-state index contributed by atoms with van der Waals surface area (Å²) in [6.07, 6.45) is 2.56. The molecule has 37 heavy (non-hydrogen) atoms. The van der Waals surface area contributed by atoms with Crippen molar-refractivity contribution in [1.29, 1.82) is 0 Å². The molecule has 0 amide bonds. The molecule has 1 fully saturated rings. The van der Waals surface area contributed by atoms with Crippen LogP contribution < -0.4 is 14.6 Å². The summed E-state index contributed by atoms with van der Waals surface area (Å²) in [7, 11) is -2.78. The van der Waals surface area contributed by atoms with Crippen LogP contribution in [0.4, 0.5) is 11.6 Å². The molecule has 0 saturated carbocycles. The maximum absolute atomic E-state index is 11.0. The molecule has 4 aromatic rings. The van der Waals surface area contributed by atoms with Gasteiger partial charge in [0.1, 0.15) is 17.9 Å². The summed E-state index contributed by atoms with van der Waals surface area (Å²) >= 11 is 6.39. The molecule has 1 aromatic heterocycles. The van der Waals surface area contributed by atoms with Gasteiger partial charge in [-0.15, -0.1) is 15.1 Å². The Balaban J connectivity index is 1.29. The summed E-state index contributed by atoms with van der Waals surface area (Å²) in [5, 5.41) is 12.3. The van der Waals surface area contributed by atoms with E-state index in [4.69, 9.17) is 25.8 Å². The molecule has 3 aromatic carbocycles. The molecule has 0 spiro atoms. The Kier molecular flexibility index (Phi) is 7.76. The third kappa shape index (κ3) is 6.32. The van der Waals surface area contributed by atoms with E-state index in [-0.39, 0.29) is 5.75 Å². The van der Waals surface area contributed by atoms with Crippen LogP contribution in [0.25, 0.3) is 22.2 Å². The fourth-order valence-corrected chi connectivity index (χ4v) is 4.88. The van der Waals surface area contributed by atoms with Gasteiger partial charge < -0.3 is 10.1 Å². The molecule has 11 heteroatoms. The van der Waals surface area contributed by atoms with Crippen LogP contribution >= 0.6 is 19.9 Å². The molecule has 2 heterocycles. The monoisotopic (exact) mass is 538 g/mol. The molecule has 190 valence electrons. The van der Waals surface area contributed by atoms with E-state index in [1.54, 1.807) is 12.1 Å². The van der Waals surface area contributed by atoms with Gasteiger partial charge in [0.25, 0.3) is 0 Å². The van der Waals surface area contributed by atoms with Gasteiger partial charge in [-0.1, -0.05) is 11.6 Å². The second-order valence-corrected chi connectivity index (χ2v) is 9.88. The largest absolute Gasteiger partial charge is 0.747 e. The molecule has 1 unspecified atom stereocenters. The molecule has 0 radical (unpaired) electrons. The topological polar surface area (TPSA) is 110 Å². The standard InChI is InChI=1S/C26H25ClN5O4P/c1-17-14-18(22-16-21(36-37(33)34)8-9-23(22)27)15-24-25(17)29-26(31-30-24)28-19-4-6-20(7-5-19)35-13-12-32-10-2-3-11-32/h4-9,14-16H,2-3,10-13H2,1H3,(H-,28,29,31,33,34)/p+1. The SMILES string of the molecule is Cc1cc(-c2cc(O[P+](=O)O)ccc2Cl)cc2nnc(Nc3ccc(OCCN4CCCC4)cc3)nc12. The van der Waals surface area contributed by atoms with Crippen LogP contribution in [0, 0.1) is 6.92 Å². The van der Waals surface area contributed by atoms with Gasteiger partial charge in [0.05, 0.1) is 5.52 Å². The fraction of sp³-hybridized carbons (Fsp3) is 0.269. The molecule has 0 bridgehead atoms. The molecule has 2 N–H and O–H groups in total. The number of likely N-dealkylation sites (tertiary alicyclic amines) is 1. The number of fused-ring (bicyclic) bond motifs is 1. The Hall–Kier alpha value is -3.36. The highest BCUT2D eigenvalue weighted by Gasteiger charge is 2.17. The lowest BCUT2D eigenvalue weighted by Crippen LogP contribution is -2.25.